The summed E-state index contributed by atoms with van der Waals surface area (Å²) in [6, 6.07) is 11.5. The largest absolute Gasteiger partial charge is 0.492 e. The summed E-state index contributed by atoms with van der Waals surface area (Å²) in [5.74, 6) is -1.22. The molecular formula is C23H26F2N4O4S. The summed E-state index contributed by atoms with van der Waals surface area (Å²) in [5, 5.41) is 8.85. The molecule has 2 heterocycles. The minimum absolute atomic E-state index is 0.00793. The van der Waals surface area contributed by atoms with E-state index in [-0.39, 0.29) is 18.8 Å². The van der Waals surface area contributed by atoms with E-state index in [9.17, 15) is 17.2 Å². The molecule has 1 N–H and O–H groups in total. The first-order valence-corrected chi connectivity index (χ1v) is 12.5. The van der Waals surface area contributed by atoms with Gasteiger partial charge < -0.3 is 9.47 Å². The van der Waals surface area contributed by atoms with E-state index in [2.05, 4.69) is 20.6 Å². The molecule has 0 spiro atoms. The summed E-state index contributed by atoms with van der Waals surface area (Å²) in [7, 11) is -4.06. The Kier molecular flexibility index (Phi) is 7.75. The molecule has 34 heavy (non-hydrogen) atoms. The molecule has 2 saturated heterocycles. The topological polar surface area (TPSA) is 94.9 Å². The summed E-state index contributed by atoms with van der Waals surface area (Å²) in [6.07, 6.45) is 0.0159. The van der Waals surface area contributed by atoms with Crippen LogP contribution in [0.2, 0.25) is 0 Å². The maximum Gasteiger partial charge on any atom is 0.243 e. The van der Waals surface area contributed by atoms with E-state index >= 15 is 0 Å². The fraction of sp³-hybridized carbons (Fsp3) is 0.435. The molecule has 182 valence electrons. The second kappa shape index (κ2) is 10.8. The van der Waals surface area contributed by atoms with Crippen molar-refractivity contribution in [2.75, 3.05) is 52.4 Å². The standard InChI is InChI=1S/C23H26F2N4O4S/c24-18-3-6-23(22(25)11-18)34(30,31)27-7-8-28-13-20-15-29(16-21(14-28)33-20)9-10-32-19-4-1-17(12-26)2-5-19/h1-6,11,20-21,27H,7-10,13-16H2. The molecule has 0 aromatic heterocycles. The average Bonchev–Trinajstić information content (AvgIpc) is 2.78. The van der Waals surface area contributed by atoms with Crippen molar-refractivity contribution in [1.29, 1.82) is 5.26 Å². The van der Waals surface area contributed by atoms with Gasteiger partial charge in [-0.3, -0.25) is 9.80 Å². The normalized spacial score (nSPS) is 21.2. The molecule has 11 heteroatoms. The highest BCUT2D eigenvalue weighted by Gasteiger charge is 2.34. The first-order chi connectivity index (χ1) is 16.3. The number of nitriles is 1. The van der Waals surface area contributed by atoms with Crippen LogP contribution >= 0.6 is 0 Å². The predicted octanol–water partition coefficient (Wildman–Crippen LogP) is 1.58. The number of hydrogen-bond acceptors (Lipinski definition) is 7. The number of benzene rings is 2. The third kappa shape index (κ3) is 6.28. The number of sulfonamides is 1. The van der Waals surface area contributed by atoms with Crippen LogP contribution in [-0.4, -0.2) is 82.8 Å². The molecule has 2 aliphatic rings. The van der Waals surface area contributed by atoms with Crippen LogP contribution < -0.4 is 9.46 Å². The molecule has 0 amide bonds. The highest BCUT2D eigenvalue weighted by molar-refractivity contribution is 7.89. The Balaban J connectivity index is 1.20. The monoisotopic (exact) mass is 492 g/mol. The lowest BCUT2D eigenvalue weighted by atomic mass is 10.1. The maximum atomic E-state index is 13.8. The Labute approximate surface area is 197 Å². The Morgan fingerprint density at radius 3 is 2.29 bits per heavy atom. The van der Waals surface area contributed by atoms with Crippen molar-refractivity contribution in [3.05, 3.63) is 59.7 Å². The molecule has 2 fully saturated rings. The number of halogens is 2. The maximum absolute atomic E-state index is 13.8. The molecule has 0 saturated carbocycles. The molecule has 2 atom stereocenters. The first kappa shape index (κ1) is 24.5. The molecular weight excluding hydrogens is 466 g/mol. The van der Waals surface area contributed by atoms with Crippen LogP contribution in [-0.2, 0) is 14.8 Å². The van der Waals surface area contributed by atoms with Gasteiger partial charge in [-0.2, -0.15) is 5.26 Å². The van der Waals surface area contributed by atoms with Crippen molar-refractivity contribution in [3.63, 3.8) is 0 Å². The third-order valence-corrected chi connectivity index (χ3v) is 7.29. The van der Waals surface area contributed by atoms with E-state index in [1.165, 1.54) is 0 Å². The lowest BCUT2D eigenvalue weighted by Crippen LogP contribution is -2.60. The highest BCUT2D eigenvalue weighted by Crippen LogP contribution is 2.20. The molecule has 2 bridgehead atoms. The van der Waals surface area contributed by atoms with E-state index in [1.807, 2.05) is 0 Å². The van der Waals surface area contributed by atoms with Gasteiger partial charge in [-0.15, -0.1) is 0 Å². The minimum Gasteiger partial charge on any atom is -0.492 e. The number of rotatable bonds is 9. The number of ether oxygens (including phenoxy) is 2. The third-order valence-electron chi connectivity index (χ3n) is 5.80. The van der Waals surface area contributed by atoms with Gasteiger partial charge in [0.15, 0.2) is 0 Å². The van der Waals surface area contributed by atoms with E-state index in [1.54, 1.807) is 24.3 Å². The van der Waals surface area contributed by atoms with Crippen LogP contribution in [0.15, 0.2) is 47.4 Å². The lowest BCUT2D eigenvalue weighted by Gasteiger charge is -2.45. The van der Waals surface area contributed by atoms with Gasteiger partial charge in [-0.1, -0.05) is 0 Å². The van der Waals surface area contributed by atoms with Gasteiger partial charge in [-0.05, 0) is 36.4 Å². The van der Waals surface area contributed by atoms with Gasteiger partial charge in [0.05, 0.1) is 23.8 Å². The van der Waals surface area contributed by atoms with E-state index in [0.29, 0.717) is 37.9 Å². The zero-order valence-corrected chi connectivity index (χ0v) is 19.3. The Bertz CT molecular complexity index is 1130. The summed E-state index contributed by atoms with van der Waals surface area (Å²) < 4.78 is 65.7. The zero-order chi connectivity index (χ0) is 24.1. The van der Waals surface area contributed by atoms with Crippen molar-refractivity contribution < 1.29 is 26.7 Å². The molecule has 0 radical (unpaired) electrons. The molecule has 0 aliphatic carbocycles. The van der Waals surface area contributed by atoms with Crippen LogP contribution in [0.4, 0.5) is 8.78 Å². The molecule has 4 rings (SSSR count). The van der Waals surface area contributed by atoms with Crippen molar-refractivity contribution in [1.82, 2.24) is 14.5 Å². The summed E-state index contributed by atoms with van der Waals surface area (Å²) in [6.45, 7) is 4.66. The van der Waals surface area contributed by atoms with Crippen LogP contribution in [0.5, 0.6) is 5.75 Å². The molecule has 2 aliphatic heterocycles. The summed E-state index contributed by atoms with van der Waals surface area (Å²) in [4.78, 5) is 3.86. The Morgan fingerprint density at radius 1 is 1.03 bits per heavy atom. The first-order valence-electron chi connectivity index (χ1n) is 11.0. The second-order valence-electron chi connectivity index (χ2n) is 8.36. The molecule has 2 aromatic carbocycles. The highest BCUT2D eigenvalue weighted by atomic mass is 32.2. The zero-order valence-electron chi connectivity index (χ0n) is 18.5. The smallest absolute Gasteiger partial charge is 0.243 e. The van der Waals surface area contributed by atoms with Gasteiger partial charge in [0.25, 0.3) is 0 Å². The number of fused-ring (bicyclic) bond motifs is 2. The number of morpholine rings is 2. The predicted molar refractivity (Wildman–Crippen MR) is 120 cm³/mol. The lowest BCUT2D eigenvalue weighted by molar-refractivity contribution is -0.138. The van der Waals surface area contributed by atoms with Crippen LogP contribution in [0, 0.1) is 23.0 Å². The SMILES string of the molecule is N#Cc1ccc(OCCN2CC3CN(CCNS(=O)(=O)c4ccc(F)cc4F)CC(C2)O3)cc1. The Morgan fingerprint density at radius 2 is 1.68 bits per heavy atom. The minimum atomic E-state index is -4.06. The van der Waals surface area contributed by atoms with Gasteiger partial charge >= 0.3 is 0 Å². The Hall–Kier alpha value is -2.62. The van der Waals surface area contributed by atoms with Crippen LogP contribution in [0.3, 0.4) is 0 Å². The van der Waals surface area contributed by atoms with E-state index in [0.717, 1.165) is 37.5 Å². The van der Waals surface area contributed by atoms with Crippen LogP contribution in [0.1, 0.15) is 5.56 Å². The molecule has 8 nitrogen and oxygen atoms in total. The summed E-state index contributed by atoms with van der Waals surface area (Å²) >= 11 is 0. The number of hydrogen-bond donors (Lipinski definition) is 1. The van der Waals surface area contributed by atoms with Gasteiger partial charge in [0.2, 0.25) is 10.0 Å². The number of nitrogens with one attached hydrogen (secondary N) is 1. The van der Waals surface area contributed by atoms with Crippen molar-refractivity contribution in [2.24, 2.45) is 0 Å². The quantitative estimate of drug-likeness (QED) is 0.568. The molecule has 2 unspecified atom stereocenters. The second-order valence-corrected chi connectivity index (χ2v) is 10.1. The number of nitrogens with zero attached hydrogens (tertiary/aromatic N) is 3. The van der Waals surface area contributed by atoms with Gasteiger partial charge in [-0.25, -0.2) is 21.9 Å². The fourth-order valence-corrected chi connectivity index (χ4v) is 5.33. The van der Waals surface area contributed by atoms with Crippen LogP contribution in [0.25, 0.3) is 0 Å². The van der Waals surface area contributed by atoms with E-state index < -0.39 is 26.6 Å². The fourth-order valence-electron chi connectivity index (χ4n) is 4.25. The molecule has 2 aromatic rings. The van der Waals surface area contributed by atoms with Gasteiger partial charge in [0, 0.05) is 51.9 Å². The van der Waals surface area contributed by atoms with Crippen molar-refractivity contribution in [2.45, 2.75) is 17.1 Å². The van der Waals surface area contributed by atoms with Crippen molar-refractivity contribution in [3.8, 4) is 11.8 Å². The van der Waals surface area contributed by atoms with Gasteiger partial charge in [0.1, 0.15) is 28.9 Å². The van der Waals surface area contributed by atoms with E-state index in [4.69, 9.17) is 14.7 Å². The average molecular weight is 493 g/mol. The summed E-state index contributed by atoms with van der Waals surface area (Å²) in [5.41, 5.74) is 0.591. The van der Waals surface area contributed by atoms with Crippen molar-refractivity contribution >= 4 is 10.0 Å².